The molecule has 0 radical (unpaired) electrons. The molecule has 0 unspecified atom stereocenters. The van der Waals surface area contributed by atoms with E-state index < -0.39 is 0 Å². The van der Waals surface area contributed by atoms with Crippen LogP contribution in [-0.2, 0) is 6.42 Å². The summed E-state index contributed by atoms with van der Waals surface area (Å²) in [4.78, 5) is 14.7. The molecule has 0 atom stereocenters. The Balaban J connectivity index is 2.14. The zero-order valence-electron chi connectivity index (χ0n) is 11.8. The molecule has 1 aromatic carbocycles. The molecule has 0 aromatic heterocycles. The molecule has 2 rings (SSSR count). The molecule has 19 heavy (non-hydrogen) atoms. The highest BCUT2D eigenvalue weighted by molar-refractivity contribution is 5.94. The van der Waals surface area contributed by atoms with Crippen molar-refractivity contribution in [3.05, 3.63) is 35.4 Å². The minimum absolute atomic E-state index is 0.174. The van der Waals surface area contributed by atoms with E-state index in [1.807, 2.05) is 29.2 Å². The molecule has 2 N–H and O–H groups in total. The van der Waals surface area contributed by atoms with Crippen LogP contribution in [0.3, 0.4) is 0 Å². The van der Waals surface area contributed by atoms with E-state index in [0.717, 1.165) is 36.9 Å². The van der Waals surface area contributed by atoms with Crippen LogP contribution in [0.2, 0.25) is 0 Å². The minimum atomic E-state index is 0.174. The van der Waals surface area contributed by atoms with Crippen molar-refractivity contribution in [3.8, 4) is 0 Å². The lowest BCUT2D eigenvalue weighted by atomic mass is 10.1. The summed E-state index contributed by atoms with van der Waals surface area (Å²) in [7, 11) is 0. The molecule has 0 spiro atoms. The number of nitrogens with two attached hydrogens (primary N) is 1. The van der Waals surface area contributed by atoms with Crippen molar-refractivity contribution in [3.63, 3.8) is 0 Å². The maximum atomic E-state index is 12.6. The summed E-state index contributed by atoms with van der Waals surface area (Å²) in [6, 6.07) is 8.35. The van der Waals surface area contributed by atoms with Gasteiger partial charge in [0.1, 0.15) is 0 Å². The predicted octanol–water partition coefficient (Wildman–Crippen LogP) is 2.59. The number of carbonyl (C=O) groups is 1. The van der Waals surface area contributed by atoms with Crippen molar-refractivity contribution in [1.29, 1.82) is 0 Å². The summed E-state index contributed by atoms with van der Waals surface area (Å²) >= 11 is 0. The molecule has 3 heteroatoms. The third-order valence-electron chi connectivity index (χ3n) is 3.97. The number of benzene rings is 1. The summed E-state index contributed by atoms with van der Waals surface area (Å²) < 4.78 is 0. The SMILES string of the molecule is CCN(C(=O)c1cccc(CCN)c1)C1CCCC1. The Morgan fingerprint density at radius 2 is 2.11 bits per heavy atom. The van der Waals surface area contributed by atoms with E-state index in [9.17, 15) is 4.79 Å². The molecular weight excluding hydrogens is 236 g/mol. The lowest BCUT2D eigenvalue weighted by Gasteiger charge is -2.28. The Morgan fingerprint density at radius 3 is 2.74 bits per heavy atom. The summed E-state index contributed by atoms with van der Waals surface area (Å²) in [5, 5.41) is 0. The van der Waals surface area contributed by atoms with Gasteiger partial charge in [0.05, 0.1) is 0 Å². The van der Waals surface area contributed by atoms with Gasteiger partial charge in [-0.15, -0.1) is 0 Å². The summed E-state index contributed by atoms with van der Waals surface area (Å²) in [6.07, 6.45) is 5.64. The van der Waals surface area contributed by atoms with Crippen LogP contribution in [0.4, 0.5) is 0 Å². The van der Waals surface area contributed by atoms with Crippen LogP contribution in [0.5, 0.6) is 0 Å². The maximum absolute atomic E-state index is 12.6. The molecular formula is C16H24N2O. The molecule has 1 aliphatic carbocycles. The van der Waals surface area contributed by atoms with Crippen LogP contribution in [0, 0.1) is 0 Å². The van der Waals surface area contributed by atoms with Crippen LogP contribution < -0.4 is 5.73 Å². The molecule has 1 saturated carbocycles. The van der Waals surface area contributed by atoms with E-state index in [-0.39, 0.29) is 5.91 Å². The number of amides is 1. The number of hydrogen-bond donors (Lipinski definition) is 1. The number of hydrogen-bond acceptors (Lipinski definition) is 2. The monoisotopic (exact) mass is 260 g/mol. The van der Waals surface area contributed by atoms with Gasteiger partial charge in [-0.3, -0.25) is 4.79 Å². The first-order valence-corrected chi connectivity index (χ1v) is 7.36. The Hall–Kier alpha value is -1.35. The fourth-order valence-corrected chi connectivity index (χ4v) is 2.98. The van der Waals surface area contributed by atoms with E-state index in [2.05, 4.69) is 6.92 Å². The standard InChI is InChI=1S/C16H24N2O/c1-2-18(15-8-3-4-9-15)16(19)14-7-5-6-13(12-14)10-11-17/h5-7,12,15H,2-4,8-11,17H2,1H3. The van der Waals surface area contributed by atoms with E-state index in [4.69, 9.17) is 5.73 Å². The molecule has 1 aromatic rings. The molecule has 1 fully saturated rings. The topological polar surface area (TPSA) is 46.3 Å². The van der Waals surface area contributed by atoms with Crippen molar-refractivity contribution in [2.24, 2.45) is 5.73 Å². The largest absolute Gasteiger partial charge is 0.336 e. The third kappa shape index (κ3) is 3.35. The molecule has 0 aliphatic heterocycles. The zero-order chi connectivity index (χ0) is 13.7. The Morgan fingerprint density at radius 1 is 1.37 bits per heavy atom. The van der Waals surface area contributed by atoms with Gasteiger partial charge in [0.15, 0.2) is 0 Å². The van der Waals surface area contributed by atoms with Crippen molar-refractivity contribution < 1.29 is 4.79 Å². The molecule has 1 aliphatic rings. The minimum Gasteiger partial charge on any atom is -0.336 e. The van der Waals surface area contributed by atoms with Crippen molar-refractivity contribution in [1.82, 2.24) is 4.90 Å². The highest BCUT2D eigenvalue weighted by Gasteiger charge is 2.26. The van der Waals surface area contributed by atoms with Crippen molar-refractivity contribution >= 4 is 5.91 Å². The van der Waals surface area contributed by atoms with Crippen LogP contribution in [0.1, 0.15) is 48.5 Å². The van der Waals surface area contributed by atoms with Gasteiger partial charge in [-0.25, -0.2) is 0 Å². The molecule has 0 heterocycles. The quantitative estimate of drug-likeness (QED) is 0.884. The van der Waals surface area contributed by atoms with Crippen LogP contribution in [-0.4, -0.2) is 29.9 Å². The van der Waals surface area contributed by atoms with Crippen molar-refractivity contribution in [2.75, 3.05) is 13.1 Å². The smallest absolute Gasteiger partial charge is 0.254 e. The average Bonchev–Trinajstić information content (AvgIpc) is 2.94. The third-order valence-corrected chi connectivity index (χ3v) is 3.97. The maximum Gasteiger partial charge on any atom is 0.254 e. The second-order valence-corrected chi connectivity index (χ2v) is 5.27. The molecule has 3 nitrogen and oxygen atoms in total. The number of rotatable bonds is 5. The number of carbonyl (C=O) groups excluding carboxylic acids is 1. The lowest BCUT2D eigenvalue weighted by Crippen LogP contribution is -2.38. The second-order valence-electron chi connectivity index (χ2n) is 5.27. The second kappa shape index (κ2) is 6.71. The van der Waals surface area contributed by atoms with Gasteiger partial charge in [-0.1, -0.05) is 25.0 Å². The van der Waals surface area contributed by atoms with Crippen LogP contribution in [0.15, 0.2) is 24.3 Å². The van der Waals surface area contributed by atoms with Gasteiger partial charge >= 0.3 is 0 Å². The first kappa shape index (κ1) is 14.1. The summed E-state index contributed by atoms with van der Waals surface area (Å²) in [6.45, 7) is 3.49. The zero-order valence-corrected chi connectivity index (χ0v) is 11.8. The summed E-state index contributed by atoms with van der Waals surface area (Å²) in [5.74, 6) is 0.174. The first-order valence-electron chi connectivity index (χ1n) is 7.36. The Kier molecular flexibility index (Phi) is 4.97. The van der Waals surface area contributed by atoms with Gasteiger partial charge in [0.25, 0.3) is 5.91 Å². The normalized spacial score (nSPS) is 15.7. The van der Waals surface area contributed by atoms with Crippen molar-refractivity contribution in [2.45, 2.75) is 45.1 Å². The van der Waals surface area contributed by atoms with E-state index in [0.29, 0.717) is 12.6 Å². The predicted molar refractivity (Wildman–Crippen MR) is 78.2 cm³/mol. The lowest BCUT2D eigenvalue weighted by molar-refractivity contribution is 0.0693. The first-order chi connectivity index (χ1) is 9.26. The molecule has 1 amide bonds. The molecule has 104 valence electrons. The van der Waals surface area contributed by atoms with Gasteiger partial charge in [-0.05, 0) is 50.4 Å². The highest BCUT2D eigenvalue weighted by atomic mass is 16.2. The van der Waals surface area contributed by atoms with E-state index in [1.165, 1.54) is 12.8 Å². The average molecular weight is 260 g/mol. The van der Waals surface area contributed by atoms with E-state index >= 15 is 0 Å². The molecule has 0 bridgehead atoms. The molecule has 0 saturated heterocycles. The fraction of sp³-hybridized carbons (Fsp3) is 0.562. The Labute approximate surface area is 115 Å². The van der Waals surface area contributed by atoms with Crippen LogP contribution >= 0.6 is 0 Å². The summed E-state index contributed by atoms with van der Waals surface area (Å²) in [5.41, 5.74) is 7.53. The van der Waals surface area contributed by atoms with Crippen LogP contribution in [0.25, 0.3) is 0 Å². The van der Waals surface area contributed by atoms with E-state index in [1.54, 1.807) is 0 Å². The number of nitrogens with zero attached hydrogens (tertiary/aromatic N) is 1. The fourth-order valence-electron chi connectivity index (χ4n) is 2.98. The van der Waals surface area contributed by atoms with Gasteiger partial charge in [-0.2, -0.15) is 0 Å². The van der Waals surface area contributed by atoms with Gasteiger partial charge in [0, 0.05) is 18.2 Å². The highest BCUT2D eigenvalue weighted by Crippen LogP contribution is 2.24. The van der Waals surface area contributed by atoms with Gasteiger partial charge in [0.2, 0.25) is 0 Å². The van der Waals surface area contributed by atoms with Gasteiger partial charge < -0.3 is 10.6 Å². The Bertz CT molecular complexity index is 425.